The van der Waals surface area contributed by atoms with E-state index in [0.717, 1.165) is 25.2 Å². The highest BCUT2D eigenvalue weighted by Crippen LogP contribution is 2.14. The Labute approximate surface area is 210 Å². The number of rotatable bonds is 8. The third-order valence-electron chi connectivity index (χ3n) is 6.13. The Hall–Kier alpha value is -2.22. The summed E-state index contributed by atoms with van der Waals surface area (Å²) in [6.45, 7) is 8.00. The second kappa shape index (κ2) is 13.9. The maximum atomic E-state index is 13.2. The Morgan fingerprint density at radius 2 is 1.61 bits per heavy atom. The maximum Gasteiger partial charge on any atom is 0.490 e. The first kappa shape index (κ1) is 30.0. The van der Waals surface area contributed by atoms with E-state index in [1.165, 1.54) is 19.3 Å². The zero-order valence-corrected chi connectivity index (χ0v) is 21.3. The zero-order valence-electron chi connectivity index (χ0n) is 20.5. The number of amides is 1. The van der Waals surface area contributed by atoms with Crippen molar-refractivity contribution in [1.82, 2.24) is 19.4 Å². The lowest BCUT2D eigenvalue weighted by Crippen LogP contribution is -2.49. The molecule has 2 aliphatic heterocycles. The number of piperidine rings is 1. The number of sulfonamides is 1. The number of likely N-dealkylation sites (tertiary alicyclic amines) is 1. The average molecular weight is 537 g/mol. The molecule has 0 saturated carbocycles. The molecule has 2 heterocycles. The molecular formula is C23H35F3N4O5S. The van der Waals surface area contributed by atoms with Crippen LogP contribution in [0.4, 0.5) is 13.2 Å². The summed E-state index contributed by atoms with van der Waals surface area (Å²) >= 11 is 0. The fraction of sp³-hybridized carbons (Fsp3) is 0.652. The SMILES string of the molecule is Cc1ccccc1C(=O)N(CCN1CCCCC1)CCS(=O)(=O)N1CCNCC1.O=C(O)C(F)(F)F. The number of alkyl halides is 3. The number of halogens is 3. The normalized spacial score (nSPS) is 17.7. The fourth-order valence-electron chi connectivity index (χ4n) is 4.02. The second-order valence-corrected chi connectivity index (χ2v) is 10.9. The van der Waals surface area contributed by atoms with Crippen LogP contribution in [-0.4, -0.2) is 110 Å². The van der Waals surface area contributed by atoms with Gasteiger partial charge in [-0.05, 0) is 44.5 Å². The summed E-state index contributed by atoms with van der Waals surface area (Å²) in [5.74, 6) is -2.85. The Morgan fingerprint density at radius 3 is 2.17 bits per heavy atom. The van der Waals surface area contributed by atoms with Crippen LogP contribution in [0, 0.1) is 6.92 Å². The minimum absolute atomic E-state index is 0.0232. The molecule has 1 aromatic rings. The minimum Gasteiger partial charge on any atom is -0.475 e. The van der Waals surface area contributed by atoms with E-state index in [4.69, 9.17) is 9.90 Å². The van der Waals surface area contributed by atoms with E-state index >= 15 is 0 Å². The van der Waals surface area contributed by atoms with Crippen LogP contribution in [0.3, 0.4) is 0 Å². The van der Waals surface area contributed by atoms with Crippen molar-refractivity contribution in [2.75, 3.05) is 64.7 Å². The molecule has 0 atom stereocenters. The van der Waals surface area contributed by atoms with Crippen molar-refractivity contribution in [3.8, 4) is 0 Å². The van der Waals surface area contributed by atoms with Gasteiger partial charge in [0.25, 0.3) is 5.91 Å². The number of hydrogen-bond donors (Lipinski definition) is 2. The van der Waals surface area contributed by atoms with Gasteiger partial charge in [-0.25, -0.2) is 13.2 Å². The molecule has 9 nitrogen and oxygen atoms in total. The number of carbonyl (C=O) groups excluding carboxylic acids is 1. The molecule has 0 spiro atoms. The Bertz CT molecular complexity index is 963. The van der Waals surface area contributed by atoms with Crippen molar-refractivity contribution in [3.05, 3.63) is 35.4 Å². The Morgan fingerprint density at radius 1 is 1.03 bits per heavy atom. The fourth-order valence-corrected chi connectivity index (χ4v) is 5.47. The summed E-state index contributed by atoms with van der Waals surface area (Å²) < 4.78 is 58.8. The smallest absolute Gasteiger partial charge is 0.475 e. The monoisotopic (exact) mass is 536 g/mol. The number of carboxylic acid groups (broad SMARTS) is 1. The number of aryl methyl sites for hydroxylation is 1. The van der Waals surface area contributed by atoms with Gasteiger partial charge in [-0.1, -0.05) is 24.6 Å². The number of benzene rings is 1. The van der Waals surface area contributed by atoms with Gasteiger partial charge in [0.1, 0.15) is 0 Å². The number of carboxylic acids is 1. The molecule has 0 bridgehead atoms. The number of nitrogens with one attached hydrogen (secondary N) is 1. The van der Waals surface area contributed by atoms with Gasteiger partial charge >= 0.3 is 12.1 Å². The van der Waals surface area contributed by atoms with Gasteiger partial charge in [0.05, 0.1) is 5.75 Å². The molecule has 1 amide bonds. The van der Waals surface area contributed by atoms with Gasteiger partial charge in [0, 0.05) is 51.4 Å². The molecule has 2 fully saturated rings. The van der Waals surface area contributed by atoms with Crippen LogP contribution in [0.15, 0.2) is 24.3 Å². The number of aliphatic carboxylic acids is 1. The summed E-state index contributed by atoms with van der Waals surface area (Å²) in [5.41, 5.74) is 1.58. The van der Waals surface area contributed by atoms with Gasteiger partial charge < -0.3 is 20.2 Å². The summed E-state index contributed by atoms with van der Waals surface area (Å²) in [4.78, 5) is 26.2. The zero-order chi connectivity index (χ0) is 26.8. The first-order chi connectivity index (χ1) is 16.9. The van der Waals surface area contributed by atoms with Crippen LogP contribution in [0.5, 0.6) is 0 Å². The third kappa shape index (κ3) is 9.68. The van der Waals surface area contributed by atoms with E-state index in [1.807, 2.05) is 31.2 Å². The Kier molecular flexibility index (Phi) is 11.6. The van der Waals surface area contributed by atoms with Crippen molar-refractivity contribution in [1.29, 1.82) is 0 Å². The van der Waals surface area contributed by atoms with Crippen molar-refractivity contribution in [2.24, 2.45) is 0 Å². The van der Waals surface area contributed by atoms with Gasteiger partial charge in [-0.15, -0.1) is 0 Å². The molecule has 0 radical (unpaired) electrons. The van der Waals surface area contributed by atoms with Gasteiger partial charge in [0.2, 0.25) is 10.0 Å². The molecule has 2 saturated heterocycles. The van der Waals surface area contributed by atoms with Crippen LogP contribution in [0.25, 0.3) is 0 Å². The van der Waals surface area contributed by atoms with Gasteiger partial charge in [-0.2, -0.15) is 17.5 Å². The number of hydrogen-bond acceptors (Lipinski definition) is 6. The highest BCUT2D eigenvalue weighted by atomic mass is 32.2. The molecule has 1 aromatic carbocycles. The molecule has 2 N–H and O–H groups in total. The predicted octanol–water partition coefficient (Wildman–Crippen LogP) is 1.79. The quantitative estimate of drug-likeness (QED) is 0.521. The van der Waals surface area contributed by atoms with Crippen molar-refractivity contribution in [2.45, 2.75) is 32.4 Å². The molecular weight excluding hydrogens is 501 g/mol. The lowest BCUT2D eigenvalue weighted by Gasteiger charge is -2.31. The van der Waals surface area contributed by atoms with E-state index in [-0.39, 0.29) is 18.2 Å². The first-order valence-corrected chi connectivity index (χ1v) is 13.6. The highest BCUT2D eigenvalue weighted by molar-refractivity contribution is 7.89. The molecule has 3 rings (SSSR count). The number of carbonyl (C=O) groups is 2. The summed E-state index contributed by atoms with van der Waals surface area (Å²) in [7, 11) is -3.36. The molecule has 204 valence electrons. The summed E-state index contributed by atoms with van der Waals surface area (Å²) in [5, 5.41) is 10.3. The predicted molar refractivity (Wildman–Crippen MR) is 129 cm³/mol. The molecule has 2 aliphatic rings. The highest BCUT2D eigenvalue weighted by Gasteiger charge is 2.38. The Balaban J connectivity index is 0.000000572. The van der Waals surface area contributed by atoms with E-state index in [2.05, 4.69) is 10.2 Å². The van der Waals surface area contributed by atoms with Gasteiger partial charge in [0.15, 0.2) is 0 Å². The van der Waals surface area contributed by atoms with E-state index < -0.39 is 22.2 Å². The molecule has 0 unspecified atom stereocenters. The largest absolute Gasteiger partial charge is 0.490 e. The second-order valence-electron chi connectivity index (χ2n) is 8.78. The van der Waals surface area contributed by atoms with Crippen LogP contribution in [0.1, 0.15) is 35.2 Å². The summed E-state index contributed by atoms with van der Waals surface area (Å²) in [6, 6.07) is 7.53. The van der Waals surface area contributed by atoms with Crippen LogP contribution >= 0.6 is 0 Å². The van der Waals surface area contributed by atoms with Crippen LogP contribution in [0.2, 0.25) is 0 Å². The van der Waals surface area contributed by atoms with Crippen LogP contribution < -0.4 is 5.32 Å². The molecule has 0 aromatic heterocycles. The van der Waals surface area contributed by atoms with Crippen molar-refractivity contribution < 1.29 is 36.3 Å². The van der Waals surface area contributed by atoms with E-state index in [0.29, 0.717) is 38.3 Å². The van der Waals surface area contributed by atoms with Crippen LogP contribution in [-0.2, 0) is 14.8 Å². The third-order valence-corrected chi connectivity index (χ3v) is 7.98. The first-order valence-electron chi connectivity index (χ1n) is 12.0. The standard InChI is InChI=1S/C21H34N4O3S.C2HF3O2/c1-19-7-3-4-8-20(19)21(26)24(16-15-23-11-5-2-6-12-23)17-18-29(27,28)25-13-9-22-10-14-25;3-2(4,5)1(6)7/h3-4,7-8,22H,2,5-6,9-18H2,1H3;(H,6,7). The molecule has 0 aliphatic carbocycles. The van der Waals surface area contributed by atoms with E-state index in [1.54, 1.807) is 9.21 Å². The summed E-state index contributed by atoms with van der Waals surface area (Å²) in [6.07, 6.45) is -1.42. The lowest BCUT2D eigenvalue weighted by atomic mass is 10.1. The number of piperazine rings is 1. The van der Waals surface area contributed by atoms with Crippen molar-refractivity contribution in [3.63, 3.8) is 0 Å². The molecule has 13 heteroatoms. The maximum absolute atomic E-state index is 13.2. The minimum atomic E-state index is -5.08. The van der Waals surface area contributed by atoms with E-state index in [9.17, 15) is 26.4 Å². The molecule has 36 heavy (non-hydrogen) atoms. The number of nitrogens with zero attached hydrogens (tertiary/aromatic N) is 3. The van der Waals surface area contributed by atoms with Crippen molar-refractivity contribution >= 4 is 21.9 Å². The van der Waals surface area contributed by atoms with Gasteiger partial charge in [-0.3, -0.25) is 4.79 Å². The lowest BCUT2D eigenvalue weighted by molar-refractivity contribution is -0.192. The topological polar surface area (TPSA) is 110 Å². The average Bonchev–Trinajstić information content (AvgIpc) is 2.85.